The van der Waals surface area contributed by atoms with Crippen LogP contribution in [0.3, 0.4) is 0 Å². The predicted molar refractivity (Wildman–Crippen MR) is 138 cm³/mol. The summed E-state index contributed by atoms with van der Waals surface area (Å²) in [5.74, 6) is -2.61. The maximum absolute atomic E-state index is 14.4. The van der Waals surface area contributed by atoms with Crippen molar-refractivity contribution >= 4 is 23.5 Å². The lowest BCUT2D eigenvalue weighted by Gasteiger charge is -2.35. The zero-order valence-electron chi connectivity index (χ0n) is 21.6. The number of fused-ring (bicyclic) bond motifs is 2. The Hall–Kier alpha value is -2.97. The van der Waals surface area contributed by atoms with Crippen molar-refractivity contribution in [2.45, 2.75) is 63.7 Å². The van der Waals surface area contributed by atoms with E-state index in [-0.39, 0.29) is 18.4 Å². The van der Waals surface area contributed by atoms with Crippen molar-refractivity contribution in [1.29, 1.82) is 0 Å². The molecule has 0 bridgehead atoms. The highest BCUT2D eigenvalue weighted by Crippen LogP contribution is 2.53. The van der Waals surface area contributed by atoms with Gasteiger partial charge >= 0.3 is 5.97 Å². The van der Waals surface area contributed by atoms with E-state index in [0.717, 1.165) is 36.1 Å². The molecule has 8 nitrogen and oxygen atoms in total. The number of benzene rings is 1. The lowest BCUT2D eigenvalue weighted by atomic mass is 9.78. The van der Waals surface area contributed by atoms with Crippen LogP contribution < -0.4 is 4.90 Å². The quantitative estimate of drug-likeness (QED) is 0.373. The van der Waals surface area contributed by atoms with Crippen LogP contribution in [-0.2, 0) is 23.9 Å². The Morgan fingerprint density at radius 1 is 1.08 bits per heavy atom. The molecule has 1 unspecified atom stereocenters. The van der Waals surface area contributed by atoms with Gasteiger partial charge in [-0.1, -0.05) is 36.4 Å². The second-order valence-corrected chi connectivity index (χ2v) is 10.5. The second kappa shape index (κ2) is 10.4. The average molecular weight is 509 g/mol. The molecular formula is C29H36N2O6. The topological polar surface area (TPSA) is 96.4 Å². The summed E-state index contributed by atoms with van der Waals surface area (Å²) in [6.45, 7) is 4.90. The van der Waals surface area contributed by atoms with Gasteiger partial charge in [-0.2, -0.15) is 0 Å². The van der Waals surface area contributed by atoms with E-state index >= 15 is 0 Å². The van der Waals surface area contributed by atoms with Crippen LogP contribution in [0.4, 0.5) is 5.69 Å². The summed E-state index contributed by atoms with van der Waals surface area (Å²) in [6, 6.07) is 5.07. The van der Waals surface area contributed by atoms with Crippen LogP contribution >= 0.6 is 0 Å². The fraction of sp³-hybridized carbons (Fsp3) is 0.552. The zero-order chi connectivity index (χ0) is 26.2. The second-order valence-electron chi connectivity index (χ2n) is 10.5. The summed E-state index contributed by atoms with van der Waals surface area (Å²) in [5.41, 5.74) is 1.53. The molecular weight excluding hydrogens is 472 g/mol. The number of amides is 2. The van der Waals surface area contributed by atoms with Crippen LogP contribution in [0.1, 0.15) is 43.2 Å². The molecule has 0 saturated carbocycles. The zero-order valence-corrected chi connectivity index (χ0v) is 21.6. The molecule has 5 rings (SSSR count). The molecule has 4 aliphatic heterocycles. The molecule has 1 spiro atoms. The molecule has 198 valence electrons. The minimum atomic E-state index is -1.27. The fourth-order valence-electron chi connectivity index (χ4n) is 6.28. The Labute approximate surface area is 217 Å². The number of anilines is 1. The summed E-state index contributed by atoms with van der Waals surface area (Å²) in [4.78, 5) is 45.1. The first-order valence-electron chi connectivity index (χ1n) is 13.4. The van der Waals surface area contributed by atoms with Crippen LogP contribution in [-0.4, -0.2) is 71.8 Å². The van der Waals surface area contributed by atoms with E-state index in [0.29, 0.717) is 32.5 Å². The number of carbonyl (C=O) groups is 3. The first-order valence-corrected chi connectivity index (χ1v) is 13.4. The number of hydrogen-bond donors (Lipinski definition) is 1. The van der Waals surface area contributed by atoms with Crippen LogP contribution in [0.5, 0.6) is 0 Å². The Kier molecular flexibility index (Phi) is 7.23. The summed E-state index contributed by atoms with van der Waals surface area (Å²) < 4.78 is 12.2. The number of aliphatic hydroxyl groups excluding tert-OH is 1. The normalized spacial score (nSPS) is 32.5. The highest BCUT2D eigenvalue weighted by Gasteiger charge is 2.71. The van der Waals surface area contributed by atoms with Crippen molar-refractivity contribution in [2.75, 3.05) is 31.2 Å². The standard InChI is InChI=1S/C29H36N2O6/c1-19-11-12-20(2)21(18-19)30-15-9-13-29-24(26(33)31(14-6-7-16-32)25(29)27(30)34)23-22(37-29)10-5-3-4-8-17-36-28(23)35/h5,9-13,18,22-25,32H,3-4,6-8,14-17H2,1-2H3/b10-5-/t22-,23+,24-,25?,29-/m0/s1. The van der Waals surface area contributed by atoms with E-state index < -0.39 is 35.6 Å². The Morgan fingerprint density at radius 3 is 2.73 bits per heavy atom. The number of hydrogen-bond acceptors (Lipinski definition) is 6. The summed E-state index contributed by atoms with van der Waals surface area (Å²) in [5, 5.41) is 9.36. The Bertz CT molecular complexity index is 1130. The minimum absolute atomic E-state index is 0.00203. The third-order valence-corrected chi connectivity index (χ3v) is 8.06. The molecule has 4 aliphatic rings. The third kappa shape index (κ3) is 4.40. The van der Waals surface area contributed by atoms with Gasteiger partial charge in [0.2, 0.25) is 5.91 Å². The van der Waals surface area contributed by atoms with E-state index in [4.69, 9.17) is 9.47 Å². The highest BCUT2D eigenvalue weighted by molar-refractivity contribution is 6.05. The number of esters is 1. The molecule has 5 atom stereocenters. The molecule has 2 amide bonds. The van der Waals surface area contributed by atoms with Crippen LogP contribution in [0.25, 0.3) is 0 Å². The molecule has 4 heterocycles. The smallest absolute Gasteiger partial charge is 0.312 e. The van der Waals surface area contributed by atoms with Gasteiger partial charge in [-0.15, -0.1) is 0 Å². The molecule has 1 aromatic carbocycles. The summed E-state index contributed by atoms with van der Waals surface area (Å²) in [7, 11) is 0. The summed E-state index contributed by atoms with van der Waals surface area (Å²) in [6.07, 6.45) is 10.5. The van der Waals surface area contributed by atoms with E-state index in [1.807, 2.05) is 56.4 Å². The molecule has 37 heavy (non-hydrogen) atoms. The van der Waals surface area contributed by atoms with Gasteiger partial charge in [0, 0.05) is 25.4 Å². The van der Waals surface area contributed by atoms with Gasteiger partial charge in [0.05, 0.1) is 18.6 Å². The van der Waals surface area contributed by atoms with Gasteiger partial charge in [-0.3, -0.25) is 14.4 Å². The van der Waals surface area contributed by atoms with Crippen molar-refractivity contribution in [1.82, 2.24) is 4.90 Å². The number of ether oxygens (including phenoxy) is 2. The molecule has 2 fully saturated rings. The van der Waals surface area contributed by atoms with Crippen LogP contribution in [0, 0.1) is 25.7 Å². The molecule has 2 saturated heterocycles. The van der Waals surface area contributed by atoms with E-state index in [1.54, 1.807) is 9.80 Å². The van der Waals surface area contributed by atoms with Gasteiger partial charge in [-0.05, 0) is 63.1 Å². The molecule has 1 aromatic rings. The monoisotopic (exact) mass is 508 g/mol. The minimum Gasteiger partial charge on any atom is -0.465 e. The van der Waals surface area contributed by atoms with Crippen LogP contribution in [0.2, 0.25) is 0 Å². The van der Waals surface area contributed by atoms with Gasteiger partial charge in [-0.25, -0.2) is 0 Å². The number of aliphatic hydroxyl groups is 1. The van der Waals surface area contributed by atoms with Crippen molar-refractivity contribution in [3.63, 3.8) is 0 Å². The SMILES string of the molecule is Cc1ccc(C)c(N2CC=C[C@]34O[C@H]5/C=C\CCCCOC(=O)[C@H]5[C@H]3C(=O)N(CCCCO)C4C2=O)c1. The lowest BCUT2D eigenvalue weighted by molar-refractivity contribution is -0.154. The molecule has 0 aromatic heterocycles. The first kappa shape index (κ1) is 25.7. The number of nitrogens with zero attached hydrogens (tertiary/aromatic N) is 2. The number of rotatable bonds is 5. The predicted octanol–water partition coefficient (Wildman–Crippen LogP) is 2.84. The van der Waals surface area contributed by atoms with Crippen molar-refractivity contribution in [2.24, 2.45) is 11.8 Å². The third-order valence-electron chi connectivity index (χ3n) is 8.06. The largest absolute Gasteiger partial charge is 0.465 e. The first-order chi connectivity index (χ1) is 17.9. The Morgan fingerprint density at radius 2 is 1.92 bits per heavy atom. The van der Waals surface area contributed by atoms with E-state index in [9.17, 15) is 19.5 Å². The van der Waals surface area contributed by atoms with Crippen LogP contribution in [0.15, 0.2) is 42.5 Å². The van der Waals surface area contributed by atoms with E-state index in [1.165, 1.54) is 0 Å². The van der Waals surface area contributed by atoms with Gasteiger partial charge in [0.25, 0.3) is 5.91 Å². The molecule has 1 N–H and O–H groups in total. The summed E-state index contributed by atoms with van der Waals surface area (Å²) >= 11 is 0. The van der Waals surface area contributed by atoms with E-state index in [2.05, 4.69) is 0 Å². The maximum atomic E-state index is 14.4. The highest BCUT2D eigenvalue weighted by atomic mass is 16.6. The van der Waals surface area contributed by atoms with Crippen molar-refractivity contribution in [3.05, 3.63) is 53.6 Å². The van der Waals surface area contributed by atoms with Gasteiger partial charge in [0.1, 0.15) is 17.6 Å². The number of allylic oxidation sites excluding steroid dienone is 1. The van der Waals surface area contributed by atoms with Gasteiger partial charge in [0.15, 0.2) is 0 Å². The molecule has 8 heteroatoms. The number of aryl methyl sites for hydroxylation is 2. The Balaban J connectivity index is 1.60. The average Bonchev–Trinajstić information content (AvgIpc) is 3.26. The van der Waals surface area contributed by atoms with Gasteiger partial charge < -0.3 is 24.4 Å². The number of unbranched alkanes of at least 4 members (excludes halogenated alkanes) is 1. The number of cyclic esters (lactones) is 1. The number of carbonyl (C=O) groups excluding carboxylic acids is 3. The maximum Gasteiger partial charge on any atom is 0.312 e. The number of likely N-dealkylation sites (tertiary alicyclic amines) is 1. The fourth-order valence-corrected chi connectivity index (χ4v) is 6.28. The van der Waals surface area contributed by atoms with Crippen molar-refractivity contribution < 1.29 is 29.0 Å². The molecule has 0 radical (unpaired) electrons. The lowest BCUT2D eigenvalue weighted by Crippen LogP contribution is -2.55. The molecule has 0 aliphatic carbocycles. The van der Waals surface area contributed by atoms with Crippen molar-refractivity contribution in [3.8, 4) is 0 Å².